The molecule has 1 fully saturated rings. The summed E-state index contributed by atoms with van der Waals surface area (Å²) < 4.78 is 0. The quantitative estimate of drug-likeness (QED) is 0.580. The fourth-order valence-corrected chi connectivity index (χ4v) is 1.51. The molecule has 1 saturated heterocycles. The van der Waals surface area contributed by atoms with Gasteiger partial charge in [0, 0.05) is 6.54 Å². The van der Waals surface area contributed by atoms with Crippen LogP contribution in [0.1, 0.15) is 19.8 Å². The molecule has 0 aromatic heterocycles. The minimum Gasteiger partial charge on any atom is -0.392 e. The number of β-amino-alcohol motifs (C(OH)–C–C–N with tert-alkyl or cyclic N) is 1. The summed E-state index contributed by atoms with van der Waals surface area (Å²) >= 11 is 0. The third-order valence-electron chi connectivity index (χ3n) is 2.39. The molecule has 3 N–H and O–H groups in total. The van der Waals surface area contributed by atoms with E-state index in [-0.39, 0.29) is 18.1 Å². The van der Waals surface area contributed by atoms with Crippen LogP contribution in [0, 0.1) is 0 Å². The van der Waals surface area contributed by atoms with E-state index in [4.69, 9.17) is 5.73 Å². The molecule has 0 aromatic rings. The molecule has 12 heavy (non-hydrogen) atoms. The number of nitrogens with zero attached hydrogens (tertiary/aromatic N) is 1. The highest BCUT2D eigenvalue weighted by Crippen LogP contribution is 2.12. The molecule has 1 amide bonds. The topological polar surface area (TPSA) is 66.6 Å². The summed E-state index contributed by atoms with van der Waals surface area (Å²) in [5.74, 6) is -0.316. The molecule has 0 saturated carbocycles. The van der Waals surface area contributed by atoms with Gasteiger partial charge in [-0.05, 0) is 26.3 Å². The van der Waals surface area contributed by atoms with E-state index in [0.29, 0.717) is 6.54 Å². The van der Waals surface area contributed by atoms with E-state index in [0.717, 1.165) is 19.4 Å². The summed E-state index contributed by atoms with van der Waals surface area (Å²) in [6.07, 6.45) is 1.49. The van der Waals surface area contributed by atoms with Crippen LogP contribution in [0.5, 0.6) is 0 Å². The van der Waals surface area contributed by atoms with Gasteiger partial charge in [0.15, 0.2) is 0 Å². The van der Waals surface area contributed by atoms with Gasteiger partial charge in [0.2, 0.25) is 5.91 Å². The summed E-state index contributed by atoms with van der Waals surface area (Å²) in [4.78, 5) is 12.7. The number of carbonyl (C=O) groups excluding carboxylic acids is 1. The highest BCUT2D eigenvalue weighted by atomic mass is 16.3. The second-order valence-electron chi connectivity index (χ2n) is 3.37. The molecule has 0 radical (unpaired) electrons. The van der Waals surface area contributed by atoms with Gasteiger partial charge in [-0.3, -0.25) is 9.69 Å². The molecule has 4 heteroatoms. The zero-order chi connectivity index (χ0) is 9.14. The highest BCUT2D eigenvalue weighted by molar-refractivity contribution is 5.79. The van der Waals surface area contributed by atoms with Crippen molar-refractivity contribution in [3.05, 3.63) is 0 Å². The van der Waals surface area contributed by atoms with Crippen molar-refractivity contribution in [2.45, 2.75) is 31.9 Å². The standard InChI is InChI=1S/C8H16N2O2/c1-6(8(9)12)10-4-2-3-7(11)5-10/h6-7,11H,2-5H2,1H3,(H2,9,12)/t6?,7-/m0/s1. The first kappa shape index (κ1) is 9.48. The summed E-state index contributed by atoms with van der Waals surface area (Å²) in [5, 5.41) is 9.32. The van der Waals surface area contributed by atoms with Crippen LogP contribution in [-0.2, 0) is 4.79 Å². The minimum absolute atomic E-state index is 0.250. The Balaban J connectivity index is 2.45. The van der Waals surface area contributed by atoms with Crippen LogP contribution in [0.25, 0.3) is 0 Å². The van der Waals surface area contributed by atoms with Gasteiger partial charge in [-0.15, -0.1) is 0 Å². The molecule has 0 aromatic carbocycles. The van der Waals surface area contributed by atoms with Gasteiger partial charge in [0.05, 0.1) is 12.1 Å². The number of hydrogen-bond donors (Lipinski definition) is 2. The smallest absolute Gasteiger partial charge is 0.234 e. The Morgan fingerprint density at radius 1 is 1.75 bits per heavy atom. The largest absolute Gasteiger partial charge is 0.392 e. The number of aliphatic hydroxyl groups is 1. The van der Waals surface area contributed by atoms with Crippen molar-refractivity contribution in [2.75, 3.05) is 13.1 Å². The Morgan fingerprint density at radius 2 is 2.42 bits per heavy atom. The van der Waals surface area contributed by atoms with E-state index in [2.05, 4.69) is 0 Å². The van der Waals surface area contributed by atoms with Gasteiger partial charge in [0.25, 0.3) is 0 Å². The second-order valence-corrected chi connectivity index (χ2v) is 3.37. The first-order valence-corrected chi connectivity index (χ1v) is 4.32. The van der Waals surface area contributed by atoms with E-state index >= 15 is 0 Å². The average molecular weight is 172 g/mol. The zero-order valence-corrected chi connectivity index (χ0v) is 7.36. The number of hydrogen-bond acceptors (Lipinski definition) is 3. The van der Waals surface area contributed by atoms with Crippen molar-refractivity contribution < 1.29 is 9.90 Å². The van der Waals surface area contributed by atoms with Gasteiger partial charge >= 0.3 is 0 Å². The number of rotatable bonds is 2. The maximum Gasteiger partial charge on any atom is 0.234 e. The van der Waals surface area contributed by atoms with Gasteiger partial charge in [-0.25, -0.2) is 0 Å². The van der Waals surface area contributed by atoms with Gasteiger partial charge in [-0.1, -0.05) is 0 Å². The SMILES string of the molecule is CC(C(N)=O)N1CCC[C@H](O)C1. The molecule has 0 aliphatic carbocycles. The number of nitrogens with two attached hydrogens (primary N) is 1. The lowest BCUT2D eigenvalue weighted by atomic mass is 10.1. The fourth-order valence-electron chi connectivity index (χ4n) is 1.51. The van der Waals surface area contributed by atoms with Crippen molar-refractivity contribution in [1.29, 1.82) is 0 Å². The molecule has 1 rings (SSSR count). The third kappa shape index (κ3) is 2.19. The van der Waals surface area contributed by atoms with Crippen LogP contribution in [0.4, 0.5) is 0 Å². The maximum atomic E-state index is 10.8. The highest BCUT2D eigenvalue weighted by Gasteiger charge is 2.24. The molecular formula is C8H16N2O2. The number of amides is 1. The van der Waals surface area contributed by atoms with E-state index in [1.54, 1.807) is 6.92 Å². The van der Waals surface area contributed by atoms with Gasteiger partial charge in [-0.2, -0.15) is 0 Å². The van der Waals surface area contributed by atoms with Crippen LogP contribution >= 0.6 is 0 Å². The average Bonchev–Trinajstić information content (AvgIpc) is 2.03. The van der Waals surface area contributed by atoms with Crippen molar-refractivity contribution in [3.8, 4) is 0 Å². The van der Waals surface area contributed by atoms with Crippen LogP contribution in [-0.4, -0.2) is 41.1 Å². The molecule has 1 aliphatic heterocycles. The Morgan fingerprint density at radius 3 is 2.92 bits per heavy atom. The summed E-state index contributed by atoms with van der Waals surface area (Å²) in [6, 6.07) is -0.250. The van der Waals surface area contributed by atoms with Crippen LogP contribution < -0.4 is 5.73 Å². The van der Waals surface area contributed by atoms with Crippen molar-refractivity contribution >= 4 is 5.91 Å². The summed E-state index contributed by atoms with van der Waals surface area (Å²) in [7, 11) is 0. The first-order chi connectivity index (χ1) is 5.61. The lowest BCUT2D eigenvalue weighted by Gasteiger charge is -2.33. The summed E-state index contributed by atoms with van der Waals surface area (Å²) in [6.45, 7) is 3.21. The Bertz CT molecular complexity index is 172. The van der Waals surface area contributed by atoms with E-state index < -0.39 is 0 Å². The van der Waals surface area contributed by atoms with Crippen molar-refractivity contribution in [1.82, 2.24) is 4.90 Å². The molecule has 0 spiro atoms. The zero-order valence-electron chi connectivity index (χ0n) is 7.36. The lowest BCUT2D eigenvalue weighted by Crippen LogP contribution is -2.48. The summed E-state index contributed by atoms with van der Waals surface area (Å²) in [5.41, 5.74) is 5.15. The third-order valence-corrected chi connectivity index (χ3v) is 2.39. The monoisotopic (exact) mass is 172 g/mol. The Labute approximate surface area is 72.3 Å². The molecule has 0 bridgehead atoms. The minimum atomic E-state index is -0.316. The second kappa shape index (κ2) is 3.87. The number of carbonyl (C=O) groups is 1. The predicted molar refractivity (Wildman–Crippen MR) is 45.5 cm³/mol. The van der Waals surface area contributed by atoms with Crippen molar-refractivity contribution in [2.24, 2.45) is 5.73 Å². The van der Waals surface area contributed by atoms with Crippen LogP contribution in [0.3, 0.4) is 0 Å². The van der Waals surface area contributed by atoms with Gasteiger partial charge < -0.3 is 10.8 Å². The fraction of sp³-hybridized carbons (Fsp3) is 0.875. The lowest BCUT2D eigenvalue weighted by molar-refractivity contribution is -0.123. The maximum absolute atomic E-state index is 10.8. The van der Waals surface area contributed by atoms with E-state index in [1.807, 2.05) is 4.90 Å². The van der Waals surface area contributed by atoms with Crippen LogP contribution in [0.15, 0.2) is 0 Å². The number of piperidine rings is 1. The molecule has 1 heterocycles. The normalized spacial score (nSPS) is 28.3. The van der Waals surface area contributed by atoms with Crippen LogP contribution in [0.2, 0.25) is 0 Å². The molecule has 4 nitrogen and oxygen atoms in total. The predicted octanol–water partition coefficient (Wildman–Crippen LogP) is -0.683. The molecule has 70 valence electrons. The van der Waals surface area contributed by atoms with E-state index in [9.17, 15) is 9.90 Å². The molecule has 1 unspecified atom stereocenters. The molecular weight excluding hydrogens is 156 g/mol. The van der Waals surface area contributed by atoms with Gasteiger partial charge in [0.1, 0.15) is 0 Å². The number of aliphatic hydroxyl groups excluding tert-OH is 1. The number of primary amides is 1. The molecule has 1 aliphatic rings. The Hall–Kier alpha value is -0.610. The first-order valence-electron chi connectivity index (χ1n) is 4.32. The number of likely N-dealkylation sites (tertiary alicyclic amines) is 1. The Kier molecular flexibility index (Phi) is 3.05. The van der Waals surface area contributed by atoms with E-state index in [1.165, 1.54) is 0 Å². The molecule has 2 atom stereocenters. The van der Waals surface area contributed by atoms with Crippen molar-refractivity contribution in [3.63, 3.8) is 0 Å².